The lowest BCUT2D eigenvalue weighted by Crippen LogP contribution is -2.32. The molecule has 0 fully saturated rings. The van der Waals surface area contributed by atoms with Gasteiger partial charge in [-0.3, -0.25) is 9.97 Å². The van der Waals surface area contributed by atoms with Gasteiger partial charge in [-0.15, -0.1) is 0 Å². The van der Waals surface area contributed by atoms with Crippen molar-refractivity contribution in [2.75, 3.05) is 0 Å². The van der Waals surface area contributed by atoms with Gasteiger partial charge in [0.2, 0.25) is 0 Å². The minimum Gasteiger partial charge on any atom is -0.454 e. The summed E-state index contributed by atoms with van der Waals surface area (Å²) in [6.45, 7) is 9.06. The van der Waals surface area contributed by atoms with Gasteiger partial charge < -0.3 is 19.4 Å². The van der Waals surface area contributed by atoms with Gasteiger partial charge in [0.1, 0.15) is 52.0 Å². The first-order valence-corrected chi connectivity index (χ1v) is 14.9. The fourth-order valence-electron chi connectivity index (χ4n) is 4.74. The third kappa shape index (κ3) is 7.23. The molecule has 240 valence electrons. The molecule has 2 aromatic carbocycles. The molecule has 6 rings (SSSR count). The molecule has 0 aliphatic rings. The van der Waals surface area contributed by atoms with E-state index < -0.39 is 16.9 Å². The van der Waals surface area contributed by atoms with Crippen LogP contribution in [0.25, 0.3) is 21.8 Å². The minimum absolute atomic E-state index is 0.291. The molecule has 10 heteroatoms. The first-order chi connectivity index (χ1) is 22.4. The fourth-order valence-corrected chi connectivity index (χ4v) is 4.74. The average Bonchev–Trinajstić information content (AvgIpc) is 3.05. The summed E-state index contributed by atoms with van der Waals surface area (Å²) in [6, 6.07) is 20.0. The van der Waals surface area contributed by atoms with E-state index in [0.717, 1.165) is 6.29 Å². The first-order valence-electron chi connectivity index (χ1n) is 14.9. The molecule has 47 heavy (non-hydrogen) atoms. The molecule has 0 amide bonds. The zero-order valence-corrected chi connectivity index (χ0v) is 26.6. The number of aromatic nitrogens is 4. The van der Waals surface area contributed by atoms with Crippen LogP contribution in [0.2, 0.25) is 0 Å². The summed E-state index contributed by atoms with van der Waals surface area (Å²) in [5.74, 6) is 1.22. The van der Waals surface area contributed by atoms with Crippen LogP contribution in [0.1, 0.15) is 46.0 Å². The van der Waals surface area contributed by atoms with Crippen molar-refractivity contribution < 1.29 is 28.2 Å². The zero-order valence-electron chi connectivity index (χ0n) is 26.6. The molecule has 0 bridgehead atoms. The highest BCUT2D eigenvalue weighted by molar-refractivity contribution is 5.81. The molecule has 1 atom stereocenters. The van der Waals surface area contributed by atoms with Crippen molar-refractivity contribution >= 4 is 28.1 Å². The molecule has 0 aliphatic carbocycles. The molecular weight excluding hydrogens is 602 g/mol. The van der Waals surface area contributed by atoms with Crippen LogP contribution in [0.3, 0.4) is 0 Å². The Labute approximate surface area is 271 Å². The highest BCUT2D eigenvalue weighted by atomic mass is 19.1. The van der Waals surface area contributed by atoms with Crippen LogP contribution in [0.15, 0.2) is 97.6 Å². The van der Waals surface area contributed by atoms with Gasteiger partial charge in [0, 0.05) is 28.6 Å². The van der Waals surface area contributed by atoms with E-state index in [0.29, 0.717) is 56.2 Å². The Balaban J connectivity index is 0.000000185. The maximum atomic E-state index is 13.7. The third-order valence-corrected chi connectivity index (χ3v) is 7.83. The van der Waals surface area contributed by atoms with Crippen molar-refractivity contribution in [3.63, 3.8) is 0 Å². The molecule has 4 aromatic heterocycles. The highest BCUT2D eigenvalue weighted by Gasteiger charge is 2.31. The average molecular weight is 637 g/mol. The Morgan fingerprint density at radius 1 is 0.702 bits per heavy atom. The number of carbonyl (C=O) groups is 1. The number of para-hydroxylation sites is 2. The van der Waals surface area contributed by atoms with E-state index in [4.69, 9.17) is 9.47 Å². The Hall–Kier alpha value is -5.35. The summed E-state index contributed by atoms with van der Waals surface area (Å²) in [4.78, 5) is 28.2. The predicted molar refractivity (Wildman–Crippen MR) is 176 cm³/mol. The number of nitrogens with zero attached hydrogens (tertiary/aromatic N) is 4. The summed E-state index contributed by atoms with van der Waals surface area (Å²) in [5, 5.41) is 11.3. The third-order valence-electron chi connectivity index (χ3n) is 7.83. The second-order valence-corrected chi connectivity index (χ2v) is 12.1. The van der Waals surface area contributed by atoms with Crippen LogP contribution in [-0.2, 0) is 15.6 Å². The van der Waals surface area contributed by atoms with E-state index in [1.54, 1.807) is 93.8 Å². The minimum atomic E-state index is -0.771. The van der Waals surface area contributed by atoms with E-state index in [-0.39, 0.29) is 11.6 Å². The molecule has 0 saturated carbocycles. The smallest absolute Gasteiger partial charge is 0.150 e. The van der Waals surface area contributed by atoms with Crippen LogP contribution in [0.4, 0.5) is 8.78 Å². The number of carbonyl (C=O) groups excluding carboxylic acids is 1. The van der Waals surface area contributed by atoms with Gasteiger partial charge in [0.25, 0.3) is 0 Å². The number of aliphatic hydroxyl groups is 1. The number of benzene rings is 2. The monoisotopic (exact) mass is 636 g/mol. The number of pyridine rings is 4. The second-order valence-electron chi connectivity index (χ2n) is 12.1. The van der Waals surface area contributed by atoms with Gasteiger partial charge in [0.15, 0.2) is 0 Å². The van der Waals surface area contributed by atoms with Gasteiger partial charge in [-0.2, -0.15) is 0 Å². The van der Waals surface area contributed by atoms with Crippen molar-refractivity contribution in [1.82, 2.24) is 19.9 Å². The SMILES string of the molecule is CC(C)(C=O)c1ncccc1Oc1cnc2c(F)cccc2c1.CC(O)C(C)(C)c1ncccc1Oc1cnc2c(F)cccc2c1. The number of fused-ring (bicyclic) bond motifs is 2. The Morgan fingerprint density at radius 2 is 1.17 bits per heavy atom. The van der Waals surface area contributed by atoms with Crippen LogP contribution < -0.4 is 9.47 Å². The van der Waals surface area contributed by atoms with Gasteiger partial charge >= 0.3 is 0 Å². The van der Waals surface area contributed by atoms with Gasteiger partial charge in [0.05, 0.1) is 35.3 Å². The molecule has 1 unspecified atom stereocenters. The number of aldehydes is 1. The van der Waals surface area contributed by atoms with Crippen molar-refractivity contribution in [1.29, 1.82) is 0 Å². The van der Waals surface area contributed by atoms with Gasteiger partial charge in [-0.05, 0) is 69.3 Å². The van der Waals surface area contributed by atoms with Crippen molar-refractivity contribution in [2.45, 2.75) is 51.6 Å². The van der Waals surface area contributed by atoms with Crippen LogP contribution in [0.5, 0.6) is 23.0 Å². The maximum absolute atomic E-state index is 13.7. The normalized spacial score (nSPS) is 12.3. The molecule has 0 aliphatic heterocycles. The summed E-state index contributed by atoms with van der Waals surface area (Å²) < 4.78 is 39.1. The molecule has 0 saturated heterocycles. The molecule has 0 spiro atoms. The zero-order chi connectivity index (χ0) is 33.8. The van der Waals surface area contributed by atoms with Crippen LogP contribution in [0, 0.1) is 11.6 Å². The number of hydrogen-bond acceptors (Lipinski definition) is 8. The quantitative estimate of drug-likeness (QED) is 0.166. The van der Waals surface area contributed by atoms with Crippen molar-refractivity contribution in [3.8, 4) is 23.0 Å². The van der Waals surface area contributed by atoms with E-state index in [1.165, 1.54) is 24.5 Å². The summed E-state index contributed by atoms with van der Waals surface area (Å²) in [5.41, 5.74) is 0.439. The van der Waals surface area contributed by atoms with Crippen molar-refractivity contribution in [2.24, 2.45) is 0 Å². The standard InChI is InChI=1S/C19H19FN2O2.C18H15FN2O2/c1-12(23)19(2,3)18-16(8-5-9-21-18)24-14-10-13-6-4-7-15(20)17(13)22-11-14;1-18(2,11-22)17-15(7-4-8-20-17)23-13-9-12-5-3-6-14(19)16(12)21-10-13/h4-12,23H,1-3H3;3-11H,1-2H3. The summed E-state index contributed by atoms with van der Waals surface area (Å²) >= 11 is 0. The first kappa shape index (κ1) is 33.0. The molecule has 8 nitrogen and oxygen atoms in total. The van der Waals surface area contributed by atoms with Gasteiger partial charge in [-0.1, -0.05) is 38.1 Å². The molecule has 4 heterocycles. The summed E-state index contributed by atoms with van der Waals surface area (Å²) in [7, 11) is 0. The van der Waals surface area contributed by atoms with E-state index in [1.807, 2.05) is 13.8 Å². The van der Waals surface area contributed by atoms with E-state index in [2.05, 4.69) is 19.9 Å². The molecule has 0 radical (unpaired) electrons. The van der Waals surface area contributed by atoms with Crippen LogP contribution in [-0.4, -0.2) is 37.4 Å². The van der Waals surface area contributed by atoms with Crippen LogP contribution >= 0.6 is 0 Å². The highest BCUT2D eigenvalue weighted by Crippen LogP contribution is 2.36. The fraction of sp³-hybridized carbons (Fsp3) is 0.216. The van der Waals surface area contributed by atoms with E-state index in [9.17, 15) is 18.7 Å². The predicted octanol–water partition coefficient (Wildman–Crippen LogP) is 8.26. The summed E-state index contributed by atoms with van der Waals surface area (Å²) in [6.07, 6.45) is 6.45. The topological polar surface area (TPSA) is 107 Å². The lowest BCUT2D eigenvalue weighted by molar-refractivity contribution is -0.111. The number of rotatable bonds is 8. The Bertz CT molecular complexity index is 2050. The number of halogens is 2. The number of hydrogen-bond donors (Lipinski definition) is 1. The number of aliphatic hydroxyl groups excluding tert-OH is 1. The largest absolute Gasteiger partial charge is 0.454 e. The van der Waals surface area contributed by atoms with Gasteiger partial charge in [-0.25, -0.2) is 18.7 Å². The van der Waals surface area contributed by atoms with E-state index >= 15 is 0 Å². The maximum Gasteiger partial charge on any atom is 0.150 e. The van der Waals surface area contributed by atoms with Crippen molar-refractivity contribution in [3.05, 3.63) is 121 Å². The molecular formula is C37H34F2N4O4. The number of ether oxygens (including phenoxy) is 2. The molecule has 1 N–H and O–H groups in total. The second kappa shape index (κ2) is 13.6. The Morgan fingerprint density at radius 3 is 1.64 bits per heavy atom. The Kier molecular flexibility index (Phi) is 9.53. The lowest BCUT2D eigenvalue weighted by Gasteiger charge is -2.28. The molecule has 6 aromatic rings. The lowest BCUT2D eigenvalue weighted by atomic mass is 9.83.